The smallest absolute Gasteiger partial charge is 0.0594 e. The molecule has 1 atom stereocenters. The SMILES string of the molecule is C=C1C=C([C@H](CN)N2CCOCC2)C=CC1. The molecule has 1 aliphatic carbocycles. The van der Waals surface area contributed by atoms with Gasteiger partial charge in [-0.1, -0.05) is 30.4 Å². The lowest BCUT2D eigenvalue weighted by atomic mass is 9.96. The van der Waals surface area contributed by atoms with Crippen molar-refractivity contribution in [2.45, 2.75) is 12.5 Å². The predicted octanol–water partition coefficient (Wildman–Crippen LogP) is 1.09. The first-order valence-electron chi connectivity index (χ1n) is 5.89. The van der Waals surface area contributed by atoms with Gasteiger partial charge in [0.1, 0.15) is 0 Å². The Morgan fingerprint density at radius 2 is 2.19 bits per heavy atom. The lowest BCUT2D eigenvalue weighted by Crippen LogP contribution is -2.47. The Labute approximate surface area is 97.3 Å². The molecule has 0 aromatic rings. The summed E-state index contributed by atoms with van der Waals surface area (Å²) in [6.07, 6.45) is 7.49. The summed E-state index contributed by atoms with van der Waals surface area (Å²) in [7, 11) is 0. The fourth-order valence-electron chi connectivity index (χ4n) is 2.28. The zero-order valence-electron chi connectivity index (χ0n) is 9.69. The van der Waals surface area contributed by atoms with Gasteiger partial charge in [0.2, 0.25) is 0 Å². The Balaban J connectivity index is 2.08. The fraction of sp³-hybridized carbons (Fsp3) is 0.538. The molecular formula is C13H20N2O. The van der Waals surface area contributed by atoms with E-state index in [1.807, 2.05) is 0 Å². The van der Waals surface area contributed by atoms with Gasteiger partial charge in [0.05, 0.1) is 13.2 Å². The van der Waals surface area contributed by atoms with E-state index >= 15 is 0 Å². The topological polar surface area (TPSA) is 38.5 Å². The summed E-state index contributed by atoms with van der Waals surface area (Å²) in [5, 5.41) is 0. The van der Waals surface area contributed by atoms with E-state index in [9.17, 15) is 0 Å². The maximum atomic E-state index is 5.89. The van der Waals surface area contributed by atoms with Crippen LogP contribution in [0.4, 0.5) is 0 Å². The molecule has 16 heavy (non-hydrogen) atoms. The molecule has 1 aliphatic heterocycles. The zero-order chi connectivity index (χ0) is 11.4. The van der Waals surface area contributed by atoms with E-state index in [-0.39, 0.29) is 0 Å². The van der Waals surface area contributed by atoms with Crippen LogP contribution in [0.25, 0.3) is 0 Å². The lowest BCUT2D eigenvalue weighted by molar-refractivity contribution is 0.0257. The van der Waals surface area contributed by atoms with Gasteiger partial charge in [-0.25, -0.2) is 0 Å². The van der Waals surface area contributed by atoms with E-state index in [2.05, 4.69) is 29.7 Å². The molecule has 3 nitrogen and oxygen atoms in total. The van der Waals surface area contributed by atoms with Crippen LogP contribution in [-0.2, 0) is 4.74 Å². The van der Waals surface area contributed by atoms with Crippen molar-refractivity contribution in [3.8, 4) is 0 Å². The van der Waals surface area contributed by atoms with Gasteiger partial charge in [0.25, 0.3) is 0 Å². The summed E-state index contributed by atoms with van der Waals surface area (Å²) >= 11 is 0. The van der Waals surface area contributed by atoms with Crippen molar-refractivity contribution in [1.29, 1.82) is 0 Å². The highest BCUT2D eigenvalue weighted by Gasteiger charge is 2.22. The molecule has 88 valence electrons. The molecule has 2 rings (SSSR count). The minimum absolute atomic E-state index is 0.317. The second-order valence-electron chi connectivity index (χ2n) is 4.31. The van der Waals surface area contributed by atoms with Crippen LogP contribution >= 0.6 is 0 Å². The average Bonchev–Trinajstić information content (AvgIpc) is 2.31. The number of hydrogen-bond acceptors (Lipinski definition) is 3. The van der Waals surface area contributed by atoms with Crippen molar-refractivity contribution in [2.24, 2.45) is 5.73 Å². The van der Waals surface area contributed by atoms with Crippen molar-refractivity contribution in [2.75, 3.05) is 32.8 Å². The molecule has 0 aromatic carbocycles. The van der Waals surface area contributed by atoms with E-state index < -0.39 is 0 Å². The highest BCUT2D eigenvalue weighted by molar-refractivity contribution is 5.38. The van der Waals surface area contributed by atoms with Crippen LogP contribution in [0.5, 0.6) is 0 Å². The monoisotopic (exact) mass is 220 g/mol. The van der Waals surface area contributed by atoms with E-state index in [1.165, 1.54) is 11.1 Å². The van der Waals surface area contributed by atoms with Crippen LogP contribution in [0.3, 0.4) is 0 Å². The summed E-state index contributed by atoms with van der Waals surface area (Å²) in [5.41, 5.74) is 8.36. The van der Waals surface area contributed by atoms with Gasteiger partial charge < -0.3 is 10.5 Å². The summed E-state index contributed by atoms with van der Waals surface area (Å²) in [4.78, 5) is 2.40. The van der Waals surface area contributed by atoms with Gasteiger partial charge in [-0.05, 0) is 12.0 Å². The second kappa shape index (κ2) is 5.43. The minimum Gasteiger partial charge on any atom is -0.379 e. The van der Waals surface area contributed by atoms with Gasteiger partial charge in [-0.2, -0.15) is 0 Å². The van der Waals surface area contributed by atoms with Crippen LogP contribution in [0.2, 0.25) is 0 Å². The molecule has 0 unspecified atom stereocenters. The summed E-state index contributed by atoms with van der Waals surface area (Å²) in [6, 6.07) is 0.317. The second-order valence-corrected chi connectivity index (χ2v) is 4.31. The van der Waals surface area contributed by atoms with E-state index in [1.54, 1.807) is 0 Å². The van der Waals surface area contributed by atoms with Crippen LogP contribution in [0.1, 0.15) is 6.42 Å². The molecule has 0 radical (unpaired) electrons. The molecule has 2 N–H and O–H groups in total. The molecule has 0 spiro atoms. The molecule has 2 aliphatic rings. The fourth-order valence-corrected chi connectivity index (χ4v) is 2.28. The standard InChI is InChI=1S/C13H20N2O/c1-11-3-2-4-12(9-11)13(10-14)15-5-7-16-8-6-15/h2,4,9,13H,1,3,5-8,10,14H2/t13-/m0/s1. The molecule has 1 heterocycles. The van der Waals surface area contributed by atoms with Crippen molar-refractivity contribution in [3.05, 3.63) is 36.0 Å². The highest BCUT2D eigenvalue weighted by Crippen LogP contribution is 2.20. The average molecular weight is 220 g/mol. The predicted molar refractivity (Wildman–Crippen MR) is 66.2 cm³/mol. The number of morpholine rings is 1. The number of rotatable bonds is 3. The summed E-state index contributed by atoms with van der Waals surface area (Å²) in [5.74, 6) is 0. The van der Waals surface area contributed by atoms with E-state index in [0.717, 1.165) is 32.7 Å². The van der Waals surface area contributed by atoms with Gasteiger partial charge in [0.15, 0.2) is 0 Å². The van der Waals surface area contributed by atoms with Crippen molar-refractivity contribution in [3.63, 3.8) is 0 Å². The van der Waals surface area contributed by atoms with E-state index in [0.29, 0.717) is 12.6 Å². The third-order valence-corrected chi connectivity index (χ3v) is 3.16. The van der Waals surface area contributed by atoms with Crippen molar-refractivity contribution < 1.29 is 4.74 Å². The molecule has 0 aromatic heterocycles. The van der Waals surface area contributed by atoms with Crippen LogP contribution < -0.4 is 5.73 Å². The number of ether oxygens (including phenoxy) is 1. The molecule has 0 amide bonds. The first kappa shape index (κ1) is 11.6. The normalized spacial score (nSPS) is 24.3. The Kier molecular flexibility index (Phi) is 3.93. The third-order valence-electron chi connectivity index (χ3n) is 3.16. The van der Waals surface area contributed by atoms with Gasteiger partial charge in [-0.3, -0.25) is 4.90 Å². The Bertz CT molecular complexity index is 314. The third kappa shape index (κ3) is 2.61. The lowest BCUT2D eigenvalue weighted by Gasteiger charge is -2.35. The number of allylic oxidation sites excluding steroid dienone is 3. The maximum absolute atomic E-state index is 5.89. The van der Waals surface area contributed by atoms with Crippen LogP contribution in [0, 0.1) is 0 Å². The molecule has 1 saturated heterocycles. The summed E-state index contributed by atoms with van der Waals surface area (Å²) < 4.78 is 5.37. The van der Waals surface area contributed by atoms with Gasteiger partial charge in [0, 0.05) is 25.7 Å². The largest absolute Gasteiger partial charge is 0.379 e. The molecule has 1 fully saturated rings. The van der Waals surface area contributed by atoms with Crippen LogP contribution in [0.15, 0.2) is 36.0 Å². The Hall–Kier alpha value is -0.900. The molecular weight excluding hydrogens is 200 g/mol. The number of nitrogens with two attached hydrogens (primary N) is 1. The molecule has 0 bridgehead atoms. The Morgan fingerprint density at radius 1 is 1.44 bits per heavy atom. The van der Waals surface area contributed by atoms with Gasteiger partial charge >= 0.3 is 0 Å². The first-order valence-corrected chi connectivity index (χ1v) is 5.89. The van der Waals surface area contributed by atoms with Crippen LogP contribution in [-0.4, -0.2) is 43.8 Å². The first-order chi connectivity index (χ1) is 7.81. The molecule has 3 heteroatoms. The van der Waals surface area contributed by atoms with Gasteiger partial charge in [-0.15, -0.1) is 0 Å². The van der Waals surface area contributed by atoms with Crippen molar-refractivity contribution >= 4 is 0 Å². The quantitative estimate of drug-likeness (QED) is 0.773. The molecule has 0 saturated carbocycles. The highest BCUT2D eigenvalue weighted by atomic mass is 16.5. The van der Waals surface area contributed by atoms with Crippen molar-refractivity contribution in [1.82, 2.24) is 4.90 Å². The number of nitrogens with zero attached hydrogens (tertiary/aromatic N) is 1. The number of hydrogen-bond donors (Lipinski definition) is 1. The van der Waals surface area contributed by atoms with E-state index in [4.69, 9.17) is 10.5 Å². The summed E-state index contributed by atoms with van der Waals surface area (Å²) in [6.45, 7) is 8.24. The minimum atomic E-state index is 0.317. The Morgan fingerprint density at radius 3 is 2.81 bits per heavy atom. The maximum Gasteiger partial charge on any atom is 0.0594 e. The zero-order valence-corrected chi connectivity index (χ0v) is 9.69.